The molecular weight excluding hydrogens is 328 g/mol. The number of rotatable bonds is 5. The molecule has 0 spiro atoms. The highest BCUT2D eigenvalue weighted by molar-refractivity contribution is 5.37. The van der Waals surface area contributed by atoms with Crippen molar-refractivity contribution in [3.05, 3.63) is 48.2 Å². The summed E-state index contributed by atoms with van der Waals surface area (Å²) in [6.07, 6.45) is 7.63. The van der Waals surface area contributed by atoms with E-state index in [1.807, 2.05) is 31.5 Å². The van der Waals surface area contributed by atoms with Crippen LogP contribution in [0.1, 0.15) is 43.2 Å². The molecule has 8 heteroatoms. The van der Waals surface area contributed by atoms with Crippen LogP contribution in [0.25, 0.3) is 0 Å². The first kappa shape index (κ1) is 16.7. The van der Waals surface area contributed by atoms with Gasteiger partial charge in [-0.15, -0.1) is 15.3 Å². The van der Waals surface area contributed by atoms with Crippen LogP contribution < -0.4 is 4.90 Å². The van der Waals surface area contributed by atoms with Crippen LogP contribution in [0.5, 0.6) is 0 Å². The number of nitrogens with zero attached hydrogens (tertiary/aromatic N) is 8. The molecule has 0 amide bonds. The van der Waals surface area contributed by atoms with E-state index in [4.69, 9.17) is 0 Å². The van der Waals surface area contributed by atoms with Crippen LogP contribution in [-0.4, -0.2) is 47.6 Å². The molecule has 0 bridgehead atoms. The zero-order valence-electron chi connectivity index (χ0n) is 15.3. The van der Waals surface area contributed by atoms with Crippen molar-refractivity contribution in [2.45, 2.75) is 45.7 Å². The van der Waals surface area contributed by atoms with Gasteiger partial charge in [0.2, 0.25) is 0 Å². The third-order valence-electron chi connectivity index (χ3n) is 5.15. The van der Waals surface area contributed by atoms with Crippen molar-refractivity contribution in [2.75, 3.05) is 18.0 Å². The van der Waals surface area contributed by atoms with Gasteiger partial charge in [-0.3, -0.25) is 0 Å². The van der Waals surface area contributed by atoms with E-state index in [9.17, 15) is 0 Å². The van der Waals surface area contributed by atoms with Crippen molar-refractivity contribution in [1.82, 2.24) is 34.5 Å². The summed E-state index contributed by atoms with van der Waals surface area (Å²) in [4.78, 5) is 6.59. The lowest BCUT2D eigenvalue weighted by Crippen LogP contribution is -2.34. The highest BCUT2D eigenvalue weighted by Crippen LogP contribution is 2.29. The average Bonchev–Trinajstić information content (AvgIpc) is 3.29. The van der Waals surface area contributed by atoms with E-state index in [-0.39, 0.29) is 0 Å². The van der Waals surface area contributed by atoms with Crippen molar-refractivity contribution >= 4 is 5.82 Å². The molecule has 3 aromatic heterocycles. The first-order valence-electron chi connectivity index (χ1n) is 9.18. The van der Waals surface area contributed by atoms with E-state index in [1.165, 1.54) is 0 Å². The SMILES string of the molecule is CCn1c(Cn2ccnc2C)nnc1C1CCN(c2cccnn2)CC1. The third-order valence-corrected chi connectivity index (χ3v) is 5.15. The van der Waals surface area contributed by atoms with Crippen molar-refractivity contribution in [2.24, 2.45) is 0 Å². The molecule has 0 aliphatic carbocycles. The lowest BCUT2D eigenvalue weighted by atomic mass is 9.96. The number of aryl methyl sites for hydroxylation is 1. The quantitative estimate of drug-likeness (QED) is 0.699. The first-order chi connectivity index (χ1) is 12.8. The van der Waals surface area contributed by atoms with Crippen LogP contribution in [0, 0.1) is 6.92 Å². The minimum atomic E-state index is 0.438. The normalized spacial score (nSPS) is 15.5. The molecule has 0 aromatic carbocycles. The fraction of sp³-hybridized carbons (Fsp3) is 0.500. The number of aromatic nitrogens is 7. The van der Waals surface area contributed by atoms with Gasteiger partial charge in [-0.05, 0) is 38.8 Å². The van der Waals surface area contributed by atoms with Crippen LogP contribution in [0.15, 0.2) is 30.7 Å². The highest BCUT2D eigenvalue weighted by Gasteiger charge is 2.26. The lowest BCUT2D eigenvalue weighted by Gasteiger charge is -2.32. The predicted octanol–water partition coefficient (Wildman–Crippen LogP) is 2.03. The van der Waals surface area contributed by atoms with Crippen molar-refractivity contribution < 1.29 is 0 Å². The summed E-state index contributed by atoms with van der Waals surface area (Å²) < 4.78 is 4.37. The zero-order chi connectivity index (χ0) is 17.9. The number of anilines is 1. The summed E-state index contributed by atoms with van der Waals surface area (Å²) in [5.41, 5.74) is 0. The molecule has 4 heterocycles. The summed E-state index contributed by atoms with van der Waals surface area (Å²) in [5, 5.41) is 17.2. The molecule has 26 heavy (non-hydrogen) atoms. The molecule has 4 rings (SSSR count). The molecule has 8 nitrogen and oxygen atoms in total. The van der Waals surface area contributed by atoms with E-state index in [0.29, 0.717) is 12.5 Å². The maximum atomic E-state index is 4.55. The number of hydrogen-bond acceptors (Lipinski definition) is 6. The van der Waals surface area contributed by atoms with E-state index < -0.39 is 0 Å². The van der Waals surface area contributed by atoms with Crippen molar-refractivity contribution in [1.29, 1.82) is 0 Å². The van der Waals surface area contributed by atoms with Gasteiger partial charge >= 0.3 is 0 Å². The lowest BCUT2D eigenvalue weighted by molar-refractivity contribution is 0.461. The highest BCUT2D eigenvalue weighted by atomic mass is 15.3. The maximum Gasteiger partial charge on any atom is 0.153 e. The van der Waals surface area contributed by atoms with Gasteiger partial charge in [0.15, 0.2) is 11.6 Å². The monoisotopic (exact) mass is 352 g/mol. The third kappa shape index (κ3) is 3.18. The average molecular weight is 352 g/mol. The number of piperidine rings is 1. The van der Waals surface area contributed by atoms with Crippen LogP contribution >= 0.6 is 0 Å². The molecule has 1 aliphatic heterocycles. The molecule has 3 aromatic rings. The van der Waals surface area contributed by atoms with E-state index in [2.05, 4.69) is 46.3 Å². The summed E-state index contributed by atoms with van der Waals surface area (Å²) >= 11 is 0. The largest absolute Gasteiger partial charge is 0.355 e. The molecule has 1 saturated heterocycles. The maximum absolute atomic E-state index is 4.55. The van der Waals surface area contributed by atoms with Crippen LogP contribution in [0.4, 0.5) is 5.82 Å². The van der Waals surface area contributed by atoms with Gasteiger partial charge in [-0.25, -0.2) is 4.98 Å². The molecule has 0 radical (unpaired) electrons. The Kier molecular flexibility index (Phi) is 4.64. The topological polar surface area (TPSA) is 77.5 Å². The van der Waals surface area contributed by atoms with Gasteiger partial charge in [0.05, 0.1) is 6.54 Å². The summed E-state index contributed by atoms with van der Waals surface area (Å²) in [7, 11) is 0. The molecule has 136 valence electrons. The molecular formula is C18H24N8. The van der Waals surface area contributed by atoms with E-state index in [1.54, 1.807) is 6.20 Å². The molecule has 0 saturated carbocycles. The number of hydrogen-bond donors (Lipinski definition) is 0. The van der Waals surface area contributed by atoms with Gasteiger partial charge in [0.1, 0.15) is 11.6 Å². The fourth-order valence-electron chi connectivity index (χ4n) is 3.66. The Bertz CT molecular complexity index is 845. The zero-order valence-corrected chi connectivity index (χ0v) is 15.3. The second-order valence-electron chi connectivity index (χ2n) is 6.66. The molecule has 0 N–H and O–H groups in total. The summed E-state index contributed by atoms with van der Waals surface area (Å²) in [6.45, 7) is 7.70. The Hall–Kier alpha value is -2.77. The Morgan fingerprint density at radius 2 is 1.96 bits per heavy atom. The van der Waals surface area contributed by atoms with Crippen LogP contribution in [0.2, 0.25) is 0 Å². The minimum Gasteiger partial charge on any atom is -0.355 e. The Morgan fingerprint density at radius 1 is 1.12 bits per heavy atom. The molecule has 1 aliphatic rings. The minimum absolute atomic E-state index is 0.438. The molecule has 1 fully saturated rings. The summed E-state index contributed by atoms with van der Waals surface area (Å²) in [5.74, 6) is 4.50. The second-order valence-corrected chi connectivity index (χ2v) is 6.66. The van der Waals surface area contributed by atoms with Crippen molar-refractivity contribution in [3.8, 4) is 0 Å². The van der Waals surface area contributed by atoms with Crippen LogP contribution in [-0.2, 0) is 13.1 Å². The van der Waals surface area contributed by atoms with Gasteiger partial charge in [-0.1, -0.05) is 0 Å². The smallest absolute Gasteiger partial charge is 0.153 e. The van der Waals surface area contributed by atoms with Gasteiger partial charge in [0, 0.05) is 44.1 Å². The first-order valence-corrected chi connectivity index (χ1v) is 9.18. The standard InChI is InChI=1S/C18H24N8/c1-3-26-17(13-25-12-9-19-14(25)2)22-23-18(26)15-6-10-24(11-7-15)16-5-4-8-20-21-16/h4-5,8-9,12,15H,3,6-7,10-11,13H2,1-2H3. The Morgan fingerprint density at radius 3 is 2.62 bits per heavy atom. The van der Waals surface area contributed by atoms with Gasteiger partial charge in [-0.2, -0.15) is 5.10 Å². The van der Waals surface area contributed by atoms with Gasteiger partial charge in [0.25, 0.3) is 0 Å². The van der Waals surface area contributed by atoms with Gasteiger partial charge < -0.3 is 14.0 Å². The summed E-state index contributed by atoms with van der Waals surface area (Å²) in [6, 6.07) is 3.96. The molecule has 0 unspecified atom stereocenters. The fourth-order valence-corrected chi connectivity index (χ4v) is 3.66. The van der Waals surface area contributed by atoms with E-state index in [0.717, 1.165) is 55.8 Å². The van der Waals surface area contributed by atoms with Crippen LogP contribution in [0.3, 0.4) is 0 Å². The number of imidazole rings is 1. The van der Waals surface area contributed by atoms with E-state index >= 15 is 0 Å². The second kappa shape index (κ2) is 7.23. The Labute approximate surface area is 152 Å². The van der Waals surface area contributed by atoms with Crippen molar-refractivity contribution in [3.63, 3.8) is 0 Å². The Balaban J connectivity index is 1.48. The molecule has 0 atom stereocenters. The predicted molar refractivity (Wildman–Crippen MR) is 98.0 cm³/mol.